The molecular weight excluding hydrogens is 500 g/mol. The second-order valence-corrected chi connectivity index (χ2v) is 12.0. The SMILES string of the molecule is CCC(CC)[C@@H]1C(=O)N[C@H](C2Cc3ccccc3C2)C(=O)N1Cc1ccccc1C(=O)N(C)C1CCN(C)CC1. The van der Waals surface area contributed by atoms with Gasteiger partial charge < -0.3 is 20.0 Å². The van der Waals surface area contributed by atoms with Gasteiger partial charge in [0.2, 0.25) is 11.8 Å². The predicted molar refractivity (Wildman–Crippen MR) is 157 cm³/mol. The van der Waals surface area contributed by atoms with Crippen LogP contribution >= 0.6 is 0 Å². The Hall–Kier alpha value is -3.19. The minimum atomic E-state index is -0.560. The Morgan fingerprint density at radius 3 is 2.20 bits per heavy atom. The van der Waals surface area contributed by atoms with Gasteiger partial charge >= 0.3 is 0 Å². The van der Waals surface area contributed by atoms with Crippen LogP contribution in [0.4, 0.5) is 0 Å². The molecule has 3 amide bonds. The standard InChI is InChI=1S/C33H44N4O3/c1-5-22(6-2)30-31(38)34-29(26-19-23-11-7-8-12-24(23)20-26)33(40)37(30)21-25-13-9-10-14-28(25)32(39)36(4)27-15-17-35(3)18-16-27/h7-14,22,26-27,29-30H,5-6,15-21H2,1-4H3,(H,34,38)/t29-,30-/m1/s1. The number of fused-ring (bicyclic) bond motifs is 1. The first-order valence-electron chi connectivity index (χ1n) is 15.0. The van der Waals surface area contributed by atoms with E-state index in [9.17, 15) is 14.4 Å². The van der Waals surface area contributed by atoms with Crippen LogP contribution in [0, 0.1) is 11.8 Å². The number of carbonyl (C=O) groups is 3. The molecule has 2 aromatic rings. The number of hydrogen-bond acceptors (Lipinski definition) is 4. The number of amides is 3. The number of likely N-dealkylation sites (tertiary alicyclic amines) is 1. The number of hydrogen-bond donors (Lipinski definition) is 1. The molecule has 0 saturated carbocycles. The van der Waals surface area contributed by atoms with Gasteiger partial charge in [-0.3, -0.25) is 14.4 Å². The lowest BCUT2D eigenvalue weighted by Crippen LogP contribution is -2.66. The van der Waals surface area contributed by atoms with E-state index in [-0.39, 0.29) is 42.1 Å². The number of nitrogens with one attached hydrogen (secondary N) is 1. The van der Waals surface area contributed by atoms with E-state index in [0.717, 1.165) is 57.2 Å². The molecule has 5 rings (SSSR count). The predicted octanol–water partition coefficient (Wildman–Crippen LogP) is 3.90. The third kappa shape index (κ3) is 5.53. The molecule has 0 aromatic heterocycles. The fourth-order valence-corrected chi connectivity index (χ4v) is 7.07. The van der Waals surface area contributed by atoms with Crippen LogP contribution in [-0.2, 0) is 29.0 Å². The van der Waals surface area contributed by atoms with E-state index in [1.54, 1.807) is 4.90 Å². The lowest BCUT2D eigenvalue weighted by Gasteiger charge is -2.44. The molecule has 214 valence electrons. The van der Waals surface area contributed by atoms with Gasteiger partial charge in [0.15, 0.2) is 0 Å². The van der Waals surface area contributed by atoms with Crippen LogP contribution < -0.4 is 5.32 Å². The van der Waals surface area contributed by atoms with Gasteiger partial charge in [-0.05, 0) is 80.4 Å². The molecule has 7 heteroatoms. The van der Waals surface area contributed by atoms with Gasteiger partial charge in [-0.2, -0.15) is 0 Å². The Morgan fingerprint density at radius 1 is 0.975 bits per heavy atom. The summed E-state index contributed by atoms with van der Waals surface area (Å²) >= 11 is 0. The van der Waals surface area contributed by atoms with Crippen LogP contribution in [-0.4, -0.2) is 77.7 Å². The van der Waals surface area contributed by atoms with E-state index in [1.807, 2.05) is 48.3 Å². The monoisotopic (exact) mass is 544 g/mol. The molecule has 2 heterocycles. The molecule has 1 aliphatic carbocycles. The van der Waals surface area contributed by atoms with Gasteiger partial charge in [0, 0.05) is 25.2 Å². The lowest BCUT2D eigenvalue weighted by molar-refractivity contribution is -0.154. The van der Waals surface area contributed by atoms with Gasteiger partial charge in [-0.15, -0.1) is 0 Å². The summed E-state index contributed by atoms with van der Waals surface area (Å²) < 4.78 is 0. The van der Waals surface area contributed by atoms with Gasteiger partial charge in [0.25, 0.3) is 5.91 Å². The van der Waals surface area contributed by atoms with E-state index < -0.39 is 12.1 Å². The van der Waals surface area contributed by atoms with Crippen LogP contribution in [0.25, 0.3) is 0 Å². The maximum Gasteiger partial charge on any atom is 0.254 e. The minimum Gasteiger partial charge on any atom is -0.342 e. The second-order valence-electron chi connectivity index (χ2n) is 12.0. The number of rotatable bonds is 8. The van der Waals surface area contributed by atoms with Crippen LogP contribution in [0.1, 0.15) is 66.6 Å². The summed E-state index contributed by atoms with van der Waals surface area (Å²) in [5.41, 5.74) is 3.95. The zero-order valence-corrected chi connectivity index (χ0v) is 24.4. The summed E-state index contributed by atoms with van der Waals surface area (Å²) in [6.07, 6.45) is 5.08. The van der Waals surface area contributed by atoms with Crippen molar-refractivity contribution >= 4 is 17.7 Å². The molecule has 7 nitrogen and oxygen atoms in total. The molecule has 3 aliphatic rings. The van der Waals surface area contributed by atoms with Crippen LogP contribution in [0.3, 0.4) is 0 Å². The van der Waals surface area contributed by atoms with Crippen molar-refractivity contribution in [2.75, 3.05) is 27.2 Å². The van der Waals surface area contributed by atoms with E-state index in [1.165, 1.54) is 11.1 Å². The van der Waals surface area contributed by atoms with Crippen LogP contribution in [0.15, 0.2) is 48.5 Å². The fourth-order valence-electron chi connectivity index (χ4n) is 7.07. The normalized spacial score (nSPS) is 22.5. The molecule has 2 aromatic carbocycles. The highest BCUT2D eigenvalue weighted by atomic mass is 16.2. The summed E-state index contributed by atoms with van der Waals surface area (Å²) in [5, 5.41) is 3.15. The topological polar surface area (TPSA) is 73.0 Å². The van der Waals surface area contributed by atoms with E-state index in [0.29, 0.717) is 5.56 Å². The Balaban J connectivity index is 1.42. The van der Waals surface area contributed by atoms with Gasteiger partial charge in [-0.1, -0.05) is 69.2 Å². The average molecular weight is 545 g/mol. The first kappa shape index (κ1) is 28.3. The molecule has 2 fully saturated rings. The molecule has 0 spiro atoms. The summed E-state index contributed by atoms with van der Waals surface area (Å²) in [5.74, 6) is -0.0236. The smallest absolute Gasteiger partial charge is 0.254 e. The molecule has 0 bridgehead atoms. The molecule has 0 radical (unpaired) electrons. The maximum atomic E-state index is 14.3. The quantitative estimate of drug-likeness (QED) is 0.547. The number of piperidine rings is 1. The van der Waals surface area contributed by atoms with Crippen molar-refractivity contribution in [2.45, 2.75) is 77.0 Å². The fraction of sp³-hybridized carbons (Fsp3) is 0.545. The van der Waals surface area contributed by atoms with Crippen molar-refractivity contribution in [3.05, 3.63) is 70.8 Å². The third-order valence-corrected chi connectivity index (χ3v) is 9.65. The molecule has 2 aliphatic heterocycles. The average Bonchev–Trinajstić information content (AvgIpc) is 3.41. The van der Waals surface area contributed by atoms with Crippen molar-refractivity contribution in [3.63, 3.8) is 0 Å². The zero-order chi connectivity index (χ0) is 28.4. The largest absolute Gasteiger partial charge is 0.342 e. The van der Waals surface area contributed by atoms with Crippen LogP contribution in [0.5, 0.6) is 0 Å². The van der Waals surface area contributed by atoms with Crippen molar-refractivity contribution < 1.29 is 14.4 Å². The van der Waals surface area contributed by atoms with Gasteiger partial charge in [0.1, 0.15) is 12.1 Å². The number of nitrogens with zero attached hydrogens (tertiary/aromatic N) is 3. The van der Waals surface area contributed by atoms with Crippen molar-refractivity contribution in [1.82, 2.24) is 20.0 Å². The van der Waals surface area contributed by atoms with Gasteiger partial charge in [0.05, 0.1) is 0 Å². The lowest BCUT2D eigenvalue weighted by atomic mass is 9.85. The van der Waals surface area contributed by atoms with Crippen molar-refractivity contribution in [2.24, 2.45) is 11.8 Å². The van der Waals surface area contributed by atoms with Crippen molar-refractivity contribution in [3.8, 4) is 0 Å². The molecular formula is C33H44N4O3. The Bertz CT molecular complexity index is 1210. The number of carbonyl (C=O) groups excluding carboxylic acids is 3. The molecule has 0 unspecified atom stereocenters. The maximum absolute atomic E-state index is 14.3. The van der Waals surface area contributed by atoms with Gasteiger partial charge in [-0.25, -0.2) is 0 Å². The number of piperazine rings is 1. The minimum absolute atomic E-state index is 0.0130. The zero-order valence-electron chi connectivity index (χ0n) is 24.4. The summed E-state index contributed by atoms with van der Waals surface area (Å²) in [6, 6.07) is 15.0. The first-order chi connectivity index (χ1) is 19.3. The molecule has 2 atom stereocenters. The highest BCUT2D eigenvalue weighted by Crippen LogP contribution is 2.33. The Morgan fingerprint density at radius 2 is 1.57 bits per heavy atom. The Kier molecular flexibility index (Phi) is 8.60. The summed E-state index contributed by atoms with van der Waals surface area (Å²) in [4.78, 5) is 47.7. The summed E-state index contributed by atoms with van der Waals surface area (Å²) in [6.45, 7) is 6.37. The third-order valence-electron chi connectivity index (χ3n) is 9.65. The Labute approximate surface area is 238 Å². The van der Waals surface area contributed by atoms with E-state index >= 15 is 0 Å². The first-order valence-corrected chi connectivity index (χ1v) is 15.0. The van der Waals surface area contributed by atoms with E-state index in [4.69, 9.17) is 0 Å². The molecule has 1 N–H and O–H groups in total. The number of benzene rings is 2. The summed E-state index contributed by atoms with van der Waals surface area (Å²) in [7, 11) is 4.02. The van der Waals surface area contributed by atoms with Crippen LogP contribution in [0.2, 0.25) is 0 Å². The molecule has 2 saturated heterocycles. The highest BCUT2D eigenvalue weighted by molar-refractivity contribution is 5.98. The second kappa shape index (κ2) is 12.1. The van der Waals surface area contributed by atoms with Crippen molar-refractivity contribution in [1.29, 1.82) is 0 Å². The molecule has 40 heavy (non-hydrogen) atoms. The van der Waals surface area contributed by atoms with E-state index in [2.05, 4.69) is 43.2 Å². The highest BCUT2D eigenvalue weighted by Gasteiger charge is 2.47.